The fraction of sp³-hybridized carbons (Fsp3) is 0.267. The highest BCUT2D eigenvalue weighted by Gasteiger charge is 2.01. The second-order valence-corrected chi connectivity index (χ2v) is 4.05. The molecule has 0 N–H and O–H groups in total. The zero-order valence-electron chi connectivity index (χ0n) is 10.9. The predicted octanol–water partition coefficient (Wildman–Crippen LogP) is 5.50. The fourth-order valence-corrected chi connectivity index (χ4v) is 2.65. The molecule has 2 aromatic heterocycles. The van der Waals surface area contributed by atoms with Crippen molar-refractivity contribution in [3.8, 4) is 0 Å². The summed E-state index contributed by atoms with van der Waals surface area (Å²) in [6.45, 7) is 8.00. The molecule has 3 rings (SSSR count). The van der Waals surface area contributed by atoms with Crippen molar-refractivity contribution in [1.29, 1.82) is 0 Å². The normalized spacial score (nSPS) is 9.18. The van der Waals surface area contributed by atoms with Crippen molar-refractivity contribution >= 4 is 31.5 Å². The topological polar surface area (TPSA) is 12.9 Å². The summed E-state index contributed by atoms with van der Waals surface area (Å²) in [5.41, 5.74) is 0. The third kappa shape index (κ3) is 2.83. The molecule has 1 nitrogen and oxygen atoms in total. The van der Waals surface area contributed by atoms with Gasteiger partial charge >= 0.3 is 0 Å². The number of hydrogen-bond acceptors (Lipinski definition) is 2. The highest BCUT2D eigenvalue weighted by Crippen LogP contribution is 2.32. The van der Waals surface area contributed by atoms with E-state index in [0.29, 0.717) is 0 Å². The Morgan fingerprint density at radius 2 is 1.47 bits per heavy atom. The van der Waals surface area contributed by atoms with Crippen LogP contribution in [0.1, 0.15) is 27.7 Å². The summed E-state index contributed by atoms with van der Waals surface area (Å²) in [6, 6.07) is 10.5. The summed E-state index contributed by atoms with van der Waals surface area (Å²) in [6.07, 6.45) is 3.78. The van der Waals surface area contributed by atoms with E-state index in [9.17, 15) is 0 Å². The van der Waals surface area contributed by atoms with Gasteiger partial charge in [0.05, 0.1) is 4.70 Å². The van der Waals surface area contributed by atoms with Gasteiger partial charge in [-0.25, -0.2) is 0 Å². The van der Waals surface area contributed by atoms with Gasteiger partial charge in [-0.2, -0.15) is 0 Å². The van der Waals surface area contributed by atoms with E-state index in [1.165, 1.54) is 20.2 Å². The standard InChI is InChI=1S/C11H7NS.2C2H6/c1-2-4-10-8(3-1)9-5-6-12-7-11(9)13-10;2*1-2/h1-7H;2*1-2H3. The van der Waals surface area contributed by atoms with Crippen LogP contribution >= 0.6 is 11.3 Å². The molecule has 0 aliphatic carbocycles. The predicted molar refractivity (Wildman–Crippen MR) is 79.8 cm³/mol. The zero-order chi connectivity index (χ0) is 12.7. The van der Waals surface area contributed by atoms with Gasteiger partial charge in [0, 0.05) is 27.9 Å². The van der Waals surface area contributed by atoms with E-state index < -0.39 is 0 Å². The summed E-state index contributed by atoms with van der Waals surface area (Å²) >= 11 is 1.80. The lowest BCUT2D eigenvalue weighted by atomic mass is 10.2. The largest absolute Gasteiger partial charge is 0.263 e. The maximum absolute atomic E-state index is 4.12. The smallest absolute Gasteiger partial charge is 0.0538 e. The van der Waals surface area contributed by atoms with Gasteiger partial charge in [0.25, 0.3) is 0 Å². The lowest BCUT2D eigenvalue weighted by Crippen LogP contribution is -1.67. The van der Waals surface area contributed by atoms with Crippen molar-refractivity contribution in [3.63, 3.8) is 0 Å². The van der Waals surface area contributed by atoms with Crippen molar-refractivity contribution in [2.75, 3.05) is 0 Å². The van der Waals surface area contributed by atoms with Gasteiger partial charge in [-0.3, -0.25) is 4.98 Å². The minimum atomic E-state index is 1.27. The summed E-state index contributed by atoms with van der Waals surface area (Å²) in [5.74, 6) is 0. The zero-order valence-corrected chi connectivity index (χ0v) is 11.7. The Hall–Kier alpha value is -1.41. The molecule has 1 aromatic carbocycles. The Morgan fingerprint density at radius 1 is 0.824 bits per heavy atom. The number of fused-ring (bicyclic) bond motifs is 3. The summed E-state index contributed by atoms with van der Waals surface area (Å²) in [5, 5.41) is 2.65. The maximum atomic E-state index is 4.12. The molecule has 0 unspecified atom stereocenters. The van der Waals surface area contributed by atoms with Crippen LogP contribution < -0.4 is 0 Å². The molecule has 0 aliphatic rings. The molecule has 0 spiro atoms. The van der Waals surface area contributed by atoms with Crippen LogP contribution in [0.5, 0.6) is 0 Å². The summed E-state index contributed by atoms with van der Waals surface area (Å²) < 4.78 is 2.61. The van der Waals surface area contributed by atoms with Crippen molar-refractivity contribution < 1.29 is 0 Å². The lowest BCUT2D eigenvalue weighted by Gasteiger charge is -1.87. The fourth-order valence-electron chi connectivity index (χ4n) is 1.58. The highest BCUT2D eigenvalue weighted by atomic mass is 32.1. The first-order valence-corrected chi connectivity index (χ1v) is 6.98. The molecule has 3 aromatic rings. The third-order valence-electron chi connectivity index (χ3n) is 2.18. The number of aromatic nitrogens is 1. The first kappa shape index (κ1) is 13.7. The number of benzene rings is 1. The van der Waals surface area contributed by atoms with Crippen LogP contribution in [0, 0.1) is 0 Å². The molecule has 0 amide bonds. The van der Waals surface area contributed by atoms with Crippen molar-refractivity contribution in [3.05, 3.63) is 42.7 Å². The van der Waals surface area contributed by atoms with Crippen LogP contribution in [0.3, 0.4) is 0 Å². The van der Waals surface area contributed by atoms with E-state index >= 15 is 0 Å². The Bertz CT molecular complexity index is 519. The molecule has 90 valence electrons. The second-order valence-electron chi connectivity index (χ2n) is 2.97. The van der Waals surface area contributed by atoms with Crippen LogP contribution in [0.15, 0.2) is 42.7 Å². The van der Waals surface area contributed by atoms with Gasteiger partial charge in [-0.05, 0) is 12.1 Å². The van der Waals surface area contributed by atoms with Gasteiger partial charge in [0.1, 0.15) is 0 Å². The molecule has 0 saturated carbocycles. The Labute approximate surface area is 107 Å². The minimum absolute atomic E-state index is 1.27. The second kappa shape index (κ2) is 7.02. The van der Waals surface area contributed by atoms with Gasteiger partial charge in [0.2, 0.25) is 0 Å². The number of hydrogen-bond donors (Lipinski definition) is 0. The quantitative estimate of drug-likeness (QED) is 0.509. The van der Waals surface area contributed by atoms with E-state index in [1.807, 2.05) is 40.1 Å². The van der Waals surface area contributed by atoms with Crippen molar-refractivity contribution in [1.82, 2.24) is 4.98 Å². The highest BCUT2D eigenvalue weighted by molar-refractivity contribution is 7.25. The average molecular weight is 245 g/mol. The molecular formula is C15H19NS. The van der Waals surface area contributed by atoms with Crippen LogP contribution in [-0.2, 0) is 0 Å². The van der Waals surface area contributed by atoms with Crippen LogP contribution in [0.2, 0.25) is 0 Å². The van der Waals surface area contributed by atoms with E-state index in [2.05, 4.69) is 35.3 Å². The third-order valence-corrected chi connectivity index (χ3v) is 3.30. The van der Waals surface area contributed by atoms with Crippen molar-refractivity contribution in [2.45, 2.75) is 27.7 Å². The minimum Gasteiger partial charge on any atom is -0.263 e. The molecule has 17 heavy (non-hydrogen) atoms. The van der Waals surface area contributed by atoms with Gasteiger partial charge in [-0.15, -0.1) is 11.3 Å². The molecule has 0 radical (unpaired) electrons. The summed E-state index contributed by atoms with van der Waals surface area (Å²) in [7, 11) is 0. The number of rotatable bonds is 0. The first-order valence-electron chi connectivity index (χ1n) is 6.16. The van der Waals surface area contributed by atoms with Gasteiger partial charge < -0.3 is 0 Å². The maximum Gasteiger partial charge on any atom is 0.0538 e. The van der Waals surface area contributed by atoms with Crippen LogP contribution in [-0.4, -0.2) is 4.98 Å². The Balaban J connectivity index is 0.000000330. The Kier molecular flexibility index (Phi) is 5.64. The molecule has 0 fully saturated rings. The monoisotopic (exact) mass is 245 g/mol. The van der Waals surface area contributed by atoms with Crippen molar-refractivity contribution in [2.24, 2.45) is 0 Å². The molecule has 0 atom stereocenters. The lowest BCUT2D eigenvalue weighted by molar-refractivity contribution is 1.37. The van der Waals surface area contributed by atoms with Crippen LogP contribution in [0.25, 0.3) is 20.2 Å². The van der Waals surface area contributed by atoms with E-state index in [0.717, 1.165) is 0 Å². The number of thiophene rings is 1. The van der Waals surface area contributed by atoms with Crippen LogP contribution in [0.4, 0.5) is 0 Å². The SMILES string of the molecule is CC.CC.c1ccc2c(c1)sc1cnccc12. The Morgan fingerprint density at radius 3 is 2.24 bits per heavy atom. The van der Waals surface area contributed by atoms with E-state index in [-0.39, 0.29) is 0 Å². The molecule has 2 heteroatoms. The summed E-state index contributed by atoms with van der Waals surface area (Å²) in [4.78, 5) is 4.12. The van der Waals surface area contributed by atoms with Gasteiger partial charge in [0.15, 0.2) is 0 Å². The average Bonchev–Trinajstić information content (AvgIpc) is 2.82. The number of nitrogens with zero attached hydrogens (tertiary/aromatic N) is 1. The molecule has 0 saturated heterocycles. The van der Waals surface area contributed by atoms with E-state index in [4.69, 9.17) is 0 Å². The van der Waals surface area contributed by atoms with E-state index in [1.54, 1.807) is 11.3 Å². The first-order chi connectivity index (χ1) is 8.45. The molecule has 0 aliphatic heterocycles. The molecule has 0 bridgehead atoms. The molecular weight excluding hydrogens is 226 g/mol. The van der Waals surface area contributed by atoms with Gasteiger partial charge in [-0.1, -0.05) is 45.9 Å². The molecule has 2 heterocycles. The number of pyridine rings is 1.